The number of tetrazole rings is 1. The Kier molecular flexibility index (Phi) is 2.62. The van der Waals surface area contributed by atoms with Gasteiger partial charge in [0.15, 0.2) is 0 Å². The average molecular weight is 316 g/mol. The Morgan fingerprint density at radius 2 is 2.27 bits per heavy atom. The largest absolute Gasteiger partial charge is 0.478 e. The Balaban J connectivity index is 2.48. The second kappa shape index (κ2) is 3.93. The summed E-state index contributed by atoms with van der Waals surface area (Å²) in [6.07, 6.45) is 0. The summed E-state index contributed by atoms with van der Waals surface area (Å²) < 4.78 is 0.772. The predicted octanol–water partition coefficient (Wildman–Crippen LogP) is 1.17. The van der Waals surface area contributed by atoms with Crippen LogP contribution in [0.15, 0.2) is 18.2 Å². The van der Waals surface area contributed by atoms with Gasteiger partial charge in [0.25, 0.3) is 0 Å². The van der Waals surface area contributed by atoms with Gasteiger partial charge >= 0.3 is 5.97 Å². The summed E-state index contributed by atoms with van der Waals surface area (Å²) in [5, 5.41) is 22.2. The molecular formula is C8H5IN4O2. The number of aromatic nitrogens is 4. The molecule has 0 unspecified atom stereocenters. The van der Waals surface area contributed by atoms with Gasteiger partial charge in [-0.3, -0.25) is 0 Å². The molecular weight excluding hydrogens is 311 g/mol. The van der Waals surface area contributed by atoms with E-state index in [0.717, 1.165) is 9.13 Å². The van der Waals surface area contributed by atoms with Gasteiger partial charge in [0.1, 0.15) is 0 Å². The molecule has 6 nitrogen and oxygen atoms in total. The molecule has 0 aliphatic rings. The first-order valence-corrected chi connectivity index (χ1v) is 5.03. The molecule has 7 heteroatoms. The van der Waals surface area contributed by atoms with Crippen molar-refractivity contribution in [3.63, 3.8) is 0 Å². The molecule has 0 fully saturated rings. The maximum Gasteiger partial charge on any atom is 0.335 e. The molecule has 2 rings (SSSR count). The zero-order valence-corrected chi connectivity index (χ0v) is 9.46. The maximum atomic E-state index is 10.7. The number of H-pyrrole nitrogens is 1. The van der Waals surface area contributed by atoms with Crippen molar-refractivity contribution in [3.05, 3.63) is 27.3 Å². The number of rotatable bonds is 2. The highest BCUT2D eigenvalue weighted by Gasteiger charge is 2.10. The Morgan fingerprint density at radius 3 is 2.80 bits per heavy atom. The van der Waals surface area contributed by atoms with E-state index in [1.54, 1.807) is 12.1 Å². The number of nitrogens with zero attached hydrogens (tertiary/aromatic N) is 3. The third kappa shape index (κ3) is 1.96. The summed E-state index contributed by atoms with van der Waals surface area (Å²) in [7, 11) is 0. The number of carboxylic acid groups (broad SMARTS) is 1. The van der Waals surface area contributed by atoms with E-state index in [2.05, 4.69) is 20.6 Å². The van der Waals surface area contributed by atoms with Gasteiger partial charge in [0.2, 0.25) is 5.82 Å². The second-order valence-electron chi connectivity index (χ2n) is 2.74. The number of nitrogens with one attached hydrogen (secondary N) is 1. The molecule has 0 spiro atoms. The zero-order chi connectivity index (χ0) is 10.8. The molecule has 0 amide bonds. The van der Waals surface area contributed by atoms with Crippen molar-refractivity contribution >= 4 is 28.6 Å². The molecule has 0 bridgehead atoms. The number of aromatic carboxylic acids is 1. The van der Waals surface area contributed by atoms with Crippen molar-refractivity contribution < 1.29 is 9.90 Å². The highest BCUT2D eigenvalue weighted by Crippen LogP contribution is 2.22. The first kappa shape index (κ1) is 10.0. The van der Waals surface area contributed by atoms with Crippen LogP contribution in [0.4, 0.5) is 0 Å². The van der Waals surface area contributed by atoms with E-state index in [1.165, 1.54) is 6.07 Å². The minimum absolute atomic E-state index is 0.242. The fraction of sp³-hybridized carbons (Fsp3) is 0. The first-order valence-electron chi connectivity index (χ1n) is 3.95. The molecule has 1 heterocycles. The third-order valence-electron chi connectivity index (χ3n) is 1.80. The van der Waals surface area contributed by atoms with Crippen LogP contribution in [0.25, 0.3) is 11.4 Å². The van der Waals surface area contributed by atoms with Gasteiger partial charge in [0, 0.05) is 9.13 Å². The molecule has 2 N–H and O–H groups in total. The van der Waals surface area contributed by atoms with E-state index < -0.39 is 5.97 Å². The molecule has 1 aromatic heterocycles. The van der Waals surface area contributed by atoms with Gasteiger partial charge in [-0.1, -0.05) is 0 Å². The molecule has 0 saturated heterocycles. The Bertz CT molecular complexity index is 497. The van der Waals surface area contributed by atoms with Crippen molar-refractivity contribution in [3.8, 4) is 11.4 Å². The topological polar surface area (TPSA) is 91.8 Å². The highest BCUT2D eigenvalue weighted by atomic mass is 127. The highest BCUT2D eigenvalue weighted by molar-refractivity contribution is 14.1. The minimum Gasteiger partial charge on any atom is -0.478 e. The zero-order valence-electron chi connectivity index (χ0n) is 7.31. The predicted molar refractivity (Wildman–Crippen MR) is 59.3 cm³/mol. The van der Waals surface area contributed by atoms with E-state index in [0.29, 0.717) is 5.82 Å². The van der Waals surface area contributed by atoms with E-state index in [9.17, 15) is 4.79 Å². The van der Waals surface area contributed by atoms with Crippen LogP contribution < -0.4 is 0 Å². The number of carboxylic acids is 1. The number of aromatic amines is 1. The molecule has 2 aromatic rings. The van der Waals surface area contributed by atoms with Crippen molar-refractivity contribution in [2.45, 2.75) is 0 Å². The van der Waals surface area contributed by atoms with Crippen LogP contribution in [0, 0.1) is 3.57 Å². The molecule has 0 aliphatic heterocycles. The Morgan fingerprint density at radius 1 is 1.47 bits per heavy atom. The summed E-state index contributed by atoms with van der Waals surface area (Å²) in [5.41, 5.74) is 1.00. The smallest absolute Gasteiger partial charge is 0.335 e. The SMILES string of the molecule is O=C(O)c1ccc(-c2nn[nH]n2)c(I)c1. The van der Waals surface area contributed by atoms with Gasteiger partial charge in [-0.2, -0.15) is 5.21 Å². The van der Waals surface area contributed by atoms with Crippen molar-refractivity contribution in [1.82, 2.24) is 20.6 Å². The molecule has 0 atom stereocenters. The van der Waals surface area contributed by atoms with Crippen LogP contribution in [0.3, 0.4) is 0 Å². The standard InChI is InChI=1S/C8H5IN4O2/c9-6-3-4(8(14)15)1-2-5(6)7-10-12-13-11-7/h1-3H,(H,14,15)(H,10,11,12,13). The van der Waals surface area contributed by atoms with E-state index in [-0.39, 0.29) is 5.56 Å². The van der Waals surface area contributed by atoms with Crippen LogP contribution in [0.2, 0.25) is 0 Å². The van der Waals surface area contributed by atoms with Crippen LogP contribution in [-0.4, -0.2) is 31.7 Å². The lowest BCUT2D eigenvalue weighted by Gasteiger charge is -2.00. The van der Waals surface area contributed by atoms with Crippen LogP contribution in [0.1, 0.15) is 10.4 Å². The number of hydrogen-bond acceptors (Lipinski definition) is 4. The molecule has 76 valence electrons. The molecule has 15 heavy (non-hydrogen) atoms. The normalized spacial score (nSPS) is 10.2. The van der Waals surface area contributed by atoms with Crippen LogP contribution in [0.5, 0.6) is 0 Å². The van der Waals surface area contributed by atoms with Crippen LogP contribution >= 0.6 is 22.6 Å². The van der Waals surface area contributed by atoms with E-state index in [4.69, 9.17) is 5.11 Å². The average Bonchev–Trinajstić information content (AvgIpc) is 2.70. The summed E-state index contributed by atoms with van der Waals surface area (Å²) in [6.45, 7) is 0. The van der Waals surface area contributed by atoms with Gasteiger partial charge < -0.3 is 5.11 Å². The second-order valence-corrected chi connectivity index (χ2v) is 3.90. The lowest BCUT2D eigenvalue weighted by atomic mass is 10.1. The van der Waals surface area contributed by atoms with Crippen molar-refractivity contribution in [2.75, 3.05) is 0 Å². The number of halogens is 1. The monoisotopic (exact) mass is 316 g/mol. The summed E-state index contributed by atoms with van der Waals surface area (Å²) in [5.74, 6) is -0.496. The lowest BCUT2D eigenvalue weighted by Crippen LogP contribution is -1.97. The summed E-state index contributed by atoms with van der Waals surface area (Å²) in [6, 6.07) is 4.74. The maximum absolute atomic E-state index is 10.7. The first-order chi connectivity index (χ1) is 7.18. The van der Waals surface area contributed by atoms with Gasteiger partial charge in [0.05, 0.1) is 5.56 Å². The Hall–Kier alpha value is -1.51. The van der Waals surface area contributed by atoms with Crippen molar-refractivity contribution in [2.24, 2.45) is 0 Å². The quantitative estimate of drug-likeness (QED) is 0.812. The number of carbonyl (C=O) groups is 1. The van der Waals surface area contributed by atoms with Gasteiger partial charge in [-0.05, 0) is 46.0 Å². The fourth-order valence-corrected chi connectivity index (χ4v) is 1.86. The number of hydrogen-bond donors (Lipinski definition) is 2. The fourth-order valence-electron chi connectivity index (χ4n) is 1.11. The van der Waals surface area contributed by atoms with E-state index >= 15 is 0 Å². The Labute approximate surface area is 97.8 Å². The van der Waals surface area contributed by atoms with Gasteiger partial charge in [-0.25, -0.2) is 4.79 Å². The molecule has 0 saturated carbocycles. The summed E-state index contributed by atoms with van der Waals surface area (Å²) in [4.78, 5) is 10.7. The molecule has 1 aromatic carbocycles. The van der Waals surface area contributed by atoms with Crippen LogP contribution in [-0.2, 0) is 0 Å². The van der Waals surface area contributed by atoms with E-state index in [1.807, 2.05) is 22.6 Å². The molecule has 0 radical (unpaired) electrons. The summed E-state index contributed by atoms with van der Waals surface area (Å²) >= 11 is 2.04. The number of benzene rings is 1. The molecule has 0 aliphatic carbocycles. The van der Waals surface area contributed by atoms with Crippen molar-refractivity contribution in [1.29, 1.82) is 0 Å². The minimum atomic E-state index is -0.951. The third-order valence-corrected chi connectivity index (χ3v) is 2.69. The lowest BCUT2D eigenvalue weighted by molar-refractivity contribution is 0.0697. The van der Waals surface area contributed by atoms with Gasteiger partial charge in [-0.15, -0.1) is 10.2 Å².